The number of carbonyl (C=O) groups excluding carboxylic acids is 1. The number of benzene rings is 1. The first-order valence-electron chi connectivity index (χ1n) is 9.28. The van der Waals surface area contributed by atoms with Gasteiger partial charge in [-0.3, -0.25) is 9.78 Å². The van der Waals surface area contributed by atoms with E-state index in [1.807, 2.05) is 12.3 Å². The van der Waals surface area contributed by atoms with Gasteiger partial charge in [0.15, 0.2) is 0 Å². The number of carbonyl (C=O) groups is 1. The second kappa shape index (κ2) is 8.65. The zero-order valence-corrected chi connectivity index (χ0v) is 15.8. The summed E-state index contributed by atoms with van der Waals surface area (Å²) in [5.74, 6) is 0.756. The minimum atomic E-state index is 0. The van der Waals surface area contributed by atoms with Crippen molar-refractivity contribution in [3.05, 3.63) is 65.5 Å². The summed E-state index contributed by atoms with van der Waals surface area (Å²) >= 11 is 0. The Morgan fingerprint density at radius 3 is 2.85 bits per heavy atom. The Labute approximate surface area is 161 Å². The highest BCUT2D eigenvalue weighted by atomic mass is 35.5. The number of pyridine rings is 1. The number of hydrogen-bond acceptors (Lipinski definition) is 3. The van der Waals surface area contributed by atoms with Crippen molar-refractivity contribution in [2.24, 2.45) is 5.92 Å². The van der Waals surface area contributed by atoms with Gasteiger partial charge in [-0.25, -0.2) is 0 Å². The smallest absolute Gasteiger partial charge is 0.223 e. The van der Waals surface area contributed by atoms with Crippen LogP contribution in [0.4, 0.5) is 0 Å². The molecule has 2 heterocycles. The zero-order valence-electron chi connectivity index (χ0n) is 14.9. The second-order valence-corrected chi connectivity index (χ2v) is 7.18. The van der Waals surface area contributed by atoms with Crippen LogP contribution in [-0.2, 0) is 17.6 Å². The number of hydrogen-bond donors (Lipinski definition) is 1. The summed E-state index contributed by atoms with van der Waals surface area (Å²) in [4.78, 5) is 19.3. The maximum absolute atomic E-state index is 13.0. The highest BCUT2D eigenvalue weighted by Gasteiger charge is 2.30. The maximum atomic E-state index is 13.0. The Hall–Kier alpha value is -1.91. The summed E-state index contributed by atoms with van der Waals surface area (Å²) in [7, 11) is 0. The van der Waals surface area contributed by atoms with E-state index in [-0.39, 0.29) is 18.4 Å². The molecule has 26 heavy (non-hydrogen) atoms. The van der Waals surface area contributed by atoms with Crippen LogP contribution in [0, 0.1) is 5.92 Å². The van der Waals surface area contributed by atoms with E-state index in [1.165, 1.54) is 11.1 Å². The fraction of sp³-hybridized carbons (Fsp3) is 0.429. The lowest BCUT2D eigenvalue weighted by molar-refractivity contribution is -0.135. The average Bonchev–Trinajstić information content (AvgIpc) is 2.68. The molecular weight excluding hydrogens is 346 g/mol. The quantitative estimate of drug-likeness (QED) is 0.901. The molecule has 5 heteroatoms. The molecule has 2 atom stereocenters. The number of piperazine rings is 1. The molecule has 138 valence electrons. The van der Waals surface area contributed by atoms with E-state index in [2.05, 4.69) is 45.5 Å². The molecular formula is C21H26ClN3O. The van der Waals surface area contributed by atoms with Crippen LogP contribution in [0.25, 0.3) is 0 Å². The number of amides is 1. The van der Waals surface area contributed by atoms with Crippen LogP contribution >= 0.6 is 12.4 Å². The molecule has 1 fully saturated rings. The number of rotatable bonds is 3. The van der Waals surface area contributed by atoms with E-state index >= 15 is 0 Å². The normalized spacial score (nSPS) is 22.2. The molecule has 2 aliphatic rings. The van der Waals surface area contributed by atoms with Crippen molar-refractivity contribution in [2.45, 2.75) is 31.7 Å². The topological polar surface area (TPSA) is 45.2 Å². The highest BCUT2D eigenvalue weighted by molar-refractivity contribution is 5.85. The van der Waals surface area contributed by atoms with Gasteiger partial charge in [0.25, 0.3) is 0 Å². The summed E-state index contributed by atoms with van der Waals surface area (Å²) < 4.78 is 0. The molecule has 1 aliphatic heterocycles. The minimum absolute atomic E-state index is 0. The molecule has 1 amide bonds. The standard InChI is InChI=1S/C21H25N3O.ClH/c25-21(13-16-7-8-17-4-1-2-5-18(17)12-16)24-11-10-23-15-20(24)19-6-3-9-22-14-19;/h1-6,9,14,16,20,23H,7-8,10-13,15H2;1H. The third kappa shape index (κ3) is 4.08. The van der Waals surface area contributed by atoms with Crippen molar-refractivity contribution in [2.75, 3.05) is 19.6 Å². The van der Waals surface area contributed by atoms with Crippen molar-refractivity contribution in [1.82, 2.24) is 15.2 Å². The first kappa shape index (κ1) is 18.9. The fourth-order valence-electron chi connectivity index (χ4n) is 4.19. The van der Waals surface area contributed by atoms with E-state index in [0.717, 1.165) is 44.5 Å². The lowest BCUT2D eigenvalue weighted by Crippen LogP contribution is -2.49. The number of halogens is 1. The van der Waals surface area contributed by atoms with Crippen molar-refractivity contribution >= 4 is 18.3 Å². The molecule has 2 aromatic rings. The zero-order chi connectivity index (χ0) is 17.1. The van der Waals surface area contributed by atoms with Gasteiger partial charge in [-0.1, -0.05) is 30.3 Å². The summed E-state index contributed by atoms with van der Waals surface area (Å²) in [6.45, 7) is 2.46. The molecule has 0 saturated carbocycles. The van der Waals surface area contributed by atoms with Crippen LogP contribution in [0.3, 0.4) is 0 Å². The number of aryl methyl sites for hydroxylation is 1. The van der Waals surface area contributed by atoms with Crippen molar-refractivity contribution in [3.8, 4) is 0 Å². The Kier molecular flexibility index (Phi) is 6.28. The largest absolute Gasteiger partial charge is 0.333 e. The first-order chi connectivity index (χ1) is 12.3. The fourth-order valence-corrected chi connectivity index (χ4v) is 4.19. The van der Waals surface area contributed by atoms with Gasteiger partial charge in [-0.05, 0) is 47.9 Å². The number of aromatic nitrogens is 1. The highest BCUT2D eigenvalue weighted by Crippen LogP contribution is 2.29. The van der Waals surface area contributed by atoms with Crippen molar-refractivity contribution < 1.29 is 4.79 Å². The Bertz CT molecular complexity index is 737. The average molecular weight is 372 g/mol. The SMILES string of the molecule is Cl.O=C(CC1CCc2ccccc2C1)N1CCNCC1c1cccnc1. The van der Waals surface area contributed by atoms with Gasteiger partial charge in [0.2, 0.25) is 5.91 Å². The molecule has 1 aromatic heterocycles. The molecule has 1 N–H and O–H groups in total. The van der Waals surface area contributed by atoms with Gasteiger partial charge < -0.3 is 10.2 Å². The molecule has 1 saturated heterocycles. The lowest BCUT2D eigenvalue weighted by atomic mass is 9.82. The molecule has 0 spiro atoms. The summed E-state index contributed by atoms with van der Waals surface area (Å²) in [5.41, 5.74) is 4.01. The van der Waals surface area contributed by atoms with Gasteiger partial charge in [-0.2, -0.15) is 0 Å². The molecule has 4 rings (SSSR count). The molecule has 1 aromatic carbocycles. The minimum Gasteiger partial charge on any atom is -0.333 e. The van der Waals surface area contributed by atoms with Crippen molar-refractivity contribution in [3.63, 3.8) is 0 Å². The van der Waals surface area contributed by atoms with Crippen LogP contribution in [-0.4, -0.2) is 35.4 Å². The second-order valence-electron chi connectivity index (χ2n) is 7.18. The third-order valence-electron chi connectivity index (χ3n) is 5.55. The first-order valence-corrected chi connectivity index (χ1v) is 9.28. The van der Waals surface area contributed by atoms with Crippen LogP contribution in [0.2, 0.25) is 0 Å². The number of nitrogens with one attached hydrogen (secondary N) is 1. The summed E-state index contributed by atoms with van der Waals surface area (Å²) in [6.07, 6.45) is 7.57. The lowest BCUT2D eigenvalue weighted by Gasteiger charge is -2.37. The Morgan fingerprint density at radius 1 is 1.19 bits per heavy atom. The molecule has 1 aliphatic carbocycles. The predicted octanol–water partition coefficient (Wildman–Crippen LogP) is 3.17. The van der Waals surface area contributed by atoms with E-state index < -0.39 is 0 Å². The molecule has 0 bridgehead atoms. The van der Waals surface area contributed by atoms with E-state index in [9.17, 15) is 4.79 Å². The van der Waals surface area contributed by atoms with Crippen LogP contribution < -0.4 is 5.32 Å². The number of nitrogens with zero attached hydrogens (tertiary/aromatic N) is 2. The van der Waals surface area contributed by atoms with Crippen LogP contribution in [0.15, 0.2) is 48.8 Å². The Morgan fingerprint density at radius 2 is 2.04 bits per heavy atom. The van der Waals surface area contributed by atoms with Gasteiger partial charge in [-0.15, -0.1) is 12.4 Å². The van der Waals surface area contributed by atoms with Gasteiger partial charge >= 0.3 is 0 Å². The third-order valence-corrected chi connectivity index (χ3v) is 5.55. The summed E-state index contributed by atoms with van der Waals surface area (Å²) in [5, 5.41) is 3.41. The predicted molar refractivity (Wildman–Crippen MR) is 105 cm³/mol. The van der Waals surface area contributed by atoms with Gasteiger partial charge in [0, 0.05) is 38.4 Å². The number of fused-ring (bicyclic) bond motifs is 1. The van der Waals surface area contributed by atoms with E-state index in [1.54, 1.807) is 6.20 Å². The van der Waals surface area contributed by atoms with E-state index in [0.29, 0.717) is 18.2 Å². The molecule has 0 radical (unpaired) electrons. The monoisotopic (exact) mass is 371 g/mol. The summed E-state index contributed by atoms with van der Waals surface area (Å²) in [6, 6.07) is 12.8. The Balaban J connectivity index is 0.00000196. The van der Waals surface area contributed by atoms with Gasteiger partial charge in [0.1, 0.15) is 0 Å². The van der Waals surface area contributed by atoms with Crippen molar-refractivity contribution in [1.29, 1.82) is 0 Å². The van der Waals surface area contributed by atoms with Crippen LogP contribution in [0.1, 0.15) is 35.6 Å². The van der Waals surface area contributed by atoms with Gasteiger partial charge in [0.05, 0.1) is 6.04 Å². The maximum Gasteiger partial charge on any atom is 0.223 e. The van der Waals surface area contributed by atoms with Crippen LogP contribution in [0.5, 0.6) is 0 Å². The molecule has 2 unspecified atom stereocenters. The molecule has 4 nitrogen and oxygen atoms in total. The van der Waals surface area contributed by atoms with E-state index in [4.69, 9.17) is 0 Å².